The fraction of sp³-hybridized carbons (Fsp3) is 0.636. The van der Waals surface area contributed by atoms with Crippen molar-refractivity contribution in [2.45, 2.75) is 26.3 Å². The molecule has 0 amide bonds. The average Bonchev–Trinajstić information content (AvgIpc) is 2.77. The summed E-state index contributed by atoms with van der Waals surface area (Å²) in [6, 6.07) is 0.366. The first-order valence-electron chi connectivity index (χ1n) is 5.55. The van der Waals surface area contributed by atoms with Gasteiger partial charge in [-0.15, -0.1) is 11.3 Å². The third kappa shape index (κ3) is 4.95. The molecule has 0 aliphatic heterocycles. The number of nitrogens with zero attached hydrogens (tertiary/aromatic N) is 1. The Morgan fingerprint density at radius 3 is 3.12 bits per heavy atom. The minimum absolute atomic E-state index is 0.366. The van der Waals surface area contributed by atoms with E-state index >= 15 is 0 Å². The third-order valence-electron chi connectivity index (χ3n) is 2.17. The van der Waals surface area contributed by atoms with Crippen molar-refractivity contribution in [1.82, 2.24) is 4.98 Å². The fourth-order valence-electron chi connectivity index (χ4n) is 1.23. The lowest BCUT2D eigenvalue weighted by atomic mass is 10.3. The molecular weight excluding hydrogens is 256 g/mol. The number of anilines is 1. The Balaban J connectivity index is 2.40. The van der Waals surface area contributed by atoms with E-state index in [1.807, 2.05) is 11.8 Å². The van der Waals surface area contributed by atoms with Crippen LogP contribution in [-0.4, -0.2) is 35.6 Å². The van der Waals surface area contributed by atoms with E-state index in [1.165, 1.54) is 18.4 Å². The largest absolute Gasteiger partial charge is 0.464 e. The van der Waals surface area contributed by atoms with Crippen molar-refractivity contribution in [3.8, 4) is 0 Å². The Kier molecular flexibility index (Phi) is 6.36. The van der Waals surface area contributed by atoms with Crippen LogP contribution in [-0.2, 0) is 4.74 Å². The predicted octanol–water partition coefficient (Wildman–Crippen LogP) is 2.87. The highest BCUT2D eigenvalue weighted by atomic mass is 32.2. The van der Waals surface area contributed by atoms with Crippen LogP contribution in [0.2, 0.25) is 0 Å². The number of carbonyl (C=O) groups excluding carboxylic acids is 1. The van der Waals surface area contributed by atoms with Gasteiger partial charge in [-0.25, -0.2) is 9.78 Å². The molecular formula is C11H18N2O2S2. The number of rotatable bonds is 7. The van der Waals surface area contributed by atoms with Crippen molar-refractivity contribution in [3.05, 3.63) is 11.1 Å². The molecule has 1 atom stereocenters. The van der Waals surface area contributed by atoms with Gasteiger partial charge in [0.2, 0.25) is 0 Å². The van der Waals surface area contributed by atoms with Crippen molar-refractivity contribution in [2.75, 3.05) is 23.9 Å². The number of hydrogen-bond donors (Lipinski definition) is 1. The monoisotopic (exact) mass is 274 g/mol. The molecule has 1 heterocycles. The molecule has 0 saturated heterocycles. The van der Waals surface area contributed by atoms with Gasteiger partial charge in [-0.05, 0) is 24.9 Å². The van der Waals surface area contributed by atoms with Gasteiger partial charge < -0.3 is 10.1 Å². The van der Waals surface area contributed by atoms with Gasteiger partial charge in [-0.3, -0.25) is 0 Å². The first-order chi connectivity index (χ1) is 8.17. The first kappa shape index (κ1) is 14.3. The van der Waals surface area contributed by atoms with Gasteiger partial charge in [0, 0.05) is 11.4 Å². The number of ether oxygens (including phenoxy) is 1. The number of nitrogens with one attached hydrogen (secondary N) is 1. The molecule has 0 spiro atoms. The summed E-state index contributed by atoms with van der Waals surface area (Å²) in [6.07, 6.45) is 1.09. The van der Waals surface area contributed by atoms with Gasteiger partial charge in [0.1, 0.15) is 0 Å². The maximum absolute atomic E-state index is 11.2. The minimum Gasteiger partial charge on any atom is -0.464 e. The standard InChI is InChI=1S/C11H18N2O2S2/c1-4-16-6-5-8(2)12-11-13-9(7-17-11)10(14)15-3/h7-8H,4-6H2,1-3H3,(H,12,13). The maximum Gasteiger partial charge on any atom is 0.357 e. The quantitative estimate of drug-likeness (QED) is 0.612. The molecule has 1 N–H and O–H groups in total. The number of methoxy groups -OCH3 is 1. The number of hydrogen-bond acceptors (Lipinski definition) is 6. The number of esters is 1. The Morgan fingerprint density at radius 2 is 2.47 bits per heavy atom. The Hall–Kier alpha value is -0.750. The number of thioether (sulfide) groups is 1. The lowest BCUT2D eigenvalue weighted by molar-refractivity contribution is 0.0595. The van der Waals surface area contributed by atoms with E-state index in [2.05, 4.69) is 28.9 Å². The summed E-state index contributed by atoms with van der Waals surface area (Å²) in [5.74, 6) is 1.90. The second kappa shape index (κ2) is 7.55. The lowest BCUT2D eigenvalue weighted by Crippen LogP contribution is -2.16. The third-order valence-corrected chi connectivity index (χ3v) is 3.87. The van der Waals surface area contributed by atoms with Crippen LogP contribution in [0.3, 0.4) is 0 Å². The van der Waals surface area contributed by atoms with E-state index in [-0.39, 0.29) is 5.97 Å². The first-order valence-corrected chi connectivity index (χ1v) is 7.59. The van der Waals surface area contributed by atoms with Crippen molar-refractivity contribution in [3.63, 3.8) is 0 Å². The van der Waals surface area contributed by atoms with Gasteiger partial charge in [0.25, 0.3) is 0 Å². The summed E-state index contributed by atoms with van der Waals surface area (Å²) < 4.78 is 4.61. The molecule has 1 unspecified atom stereocenters. The molecule has 0 aliphatic carbocycles. The van der Waals surface area contributed by atoms with E-state index in [0.29, 0.717) is 11.7 Å². The zero-order chi connectivity index (χ0) is 12.7. The van der Waals surface area contributed by atoms with Crippen molar-refractivity contribution >= 4 is 34.2 Å². The molecule has 0 fully saturated rings. The van der Waals surface area contributed by atoms with E-state index < -0.39 is 0 Å². The SMILES string of the molecule is CCSCCC(C)Nc1nc(C(=O)OC)cs1. The Morgan fingerprint density at radius 1 is 1.71 bits per heavy atom. The van der Waals surface area contributed by atoms with Crippen LogP contribution < -0.4 is 5.32 Å². The topological polar surface area (TPSA) is 51.2 Å². The second-order valence-electron chi connectivity index (χ2n) is 3.56. The van der Waals surface area contributed by atoms with Crippen LogP contribution in [0, 0.1) is 0 Å². The average molecular weight is 274 g/mol. The Bertz CT molecular complexity index is 355. The highest BCUT2D eigenvalue weighted by molar-refractivity contribution is 7.99. The summed E-state index contributed by atoms with van der Waals surface area (Å²) in [7, 11) is 1.36. The molecule has 17 heavy (non-hydrogen) atoms. The lowest BCUT2D eigenvalue weighted by Gasteiger charge is -2.11. The number of thiazole rings is 1. The molecule has 1 aromatic rings. The predicted molar refractivity (Wildman–Crippen MR) is 74.2 cm³/mol. The zero-order valence-electron chi connectivity index (χ0n) is 10.4. The summed E-state index contributed by atoms with van der Waals surface area (Å²) in [5.41, 5.74) is 0.370. The van der Waals surface area contributed by atoms with Crippen molar-refractivity contribution in [2.24, 2.45) is 0 Å². The summed E-state index contributed by atoms with van der Waals surface area (Å²) in [5, 5.41) is 5.77. The minimum atomic E-state index is -0.386. The van der Waals surface area contributed by atoms with Gasteiger partial charge in [-0.1, -0.05) is 6.92 Å². The van der Waals surface area contributed by atoms with Crippen LogP contribution in [0.15, 0.2) is 5.38 Å². The van der Waals surface area contributed by atoms with Gasteiger partial charge >= 0.3 is 5.97 Å². The fourth-order valence-corrected chi connectivity index (χ4v) is 2.83. The van der Waals surface area contributed by atoms with E-state index in [4.69, 9.17) is 0 Å². The zero-order valence-corrected chi connectivity index (χ0v) is 12.0. The molecule has 0 radical (unpaired) electrons. The molecule has 0 saturated carbocycles. The van der Waals surface area contributed by atoms with E-state index in [1.54, 1.807) is 5.38 Å². The normalized spacial score (nSPS) is 12.2. The summed E-state index contributed by atoms with van der Waals surface area (Å²) in [6.45, 7) is 4.28. The second-order valence-corrected chi connectivity index (χ2v) is 5.81. The highest BCUT2D eigenvalue weighted by Crippen LogP contribution is 2.18. The highest BCUT2D eigenvalue weighted by Gasteiger charge is 2.11. The summed E-state index contributed by atoms with van der Waals surface area (Å²) >= 11 is 3.36. The van der Waals surface area contributed by atoms with Gasteiger partial charge in [0.15, 0.2) is 10.8 Å². The number of carbonyl (C=O) groups is 1. The van der Waals surface area contributed by atoms with Crippen molar-refractivity contribution < 1.29 is 9.53 Å². The van der Waals surface area contributed by atoms with Crippen molar-refractivity contribution in [1.29, 1.82) is 0 Å². The molecule has 6 heteroatoms. The van der Waals surface area contributed by atoms with Crippen LogP contribution in [0.25, 0.3) is 0 Å². The molecule has 0 aromatic carbocycles. The van der Waals surface area contributed by atoms with Crippen LogP contribution in [0.1, 0.15) is 30.8 Å². The maximum atomic E-state index is 11.2. The smallest absolute Gasteiger partial charge is 0.357 e. The molecule has 96 valence electrons. The van der Waals surface area contributed by atoms with E-state index in [0.717, 1.165) is 23.1 Å². The molecule has 4 nitrogen and oxygen atoms in total. The van der Waals surface area contributed by atoms with Gasteiger partial charge in [0.05, 0.1) is 7.11 Å². The van der Waals surface area contributed by atoms with Gasteiger partial charge in [-0.2, -0.15) is 11.8 Å². The molecule has 0 aliphatic rings. The summed E-state index contributed by atoms with van der Waals surface area (Å²) in [4.78, 5) is 15.4. The molecule has 0 bridgehead atoms. The molecule has 1 rings (SSSR count). The number of aromatic nitrogens is 1. The van der Waals surface area contributed by atoms with Crippen LogP contribution in [0.4, 0.5) is 5.13 Å². The molecule has 1 aromatic heterocycles. The Labute approximate surface area is 110 Å². The van der Waals surface area contributed by atoms with Crippen LogP contribution in [0.5, 0.6) is 0 Å². The van der Waals surface area contributed by atoms with Crippen LogP contribution >= 0.6 is 23.1 Å². The van der Waals surface area contributed by atoms with E-state index in [9.17, 15) is 4.79 Å².